The quantitative estimate of drug-likeness (QED) is 0.643. The SMILES string of the molecule is CCn1cc(OCCOCC2CC2)cn1. The fourth-order valence-corrected chi connectivity index (χ4v) is 1.35. The Bertz CT molecular complexity index is 295. The molecule has 4 nitrogen and oxygen atoms in total. The van der Waals surface area contributed by atoms with Gasteiger partial charge in [0, 0.05) is 13.2 Å². The maximum atomic E-state index is 5.48. The summed E-state index contributed by atoms with van der Waals surface area (Å²) in [5.74, 6) is 1.65. The van der Waals surface area contributed by atoms with Crippen molar-refractivity contribution in [2.75, 3.05) is 19.8 Å². The lowest BCUT2D eigenvalue weighted by Crippen LogP contribution is -2.07. The molecule has 1 aliphatic carbocycles. The molecule has 0 aromatic carbocycles. The molecule has 1 aromatic heterocycles. The summed E-state index contributed by atoms with van der Waals surface area (Å²) in [5, 5.41) is 4.12. The van der Waals surface area contributed by atoms with E-state index in [1.54, 1.807) is 6.20 Å². The molecule has 1 fully saturated rings. The maximum Gasteiger partial charge on any atom is 0.157 e. The molecular formula is C11H18N2O2. The van der Waals surface area contributed by atoms with Gasteiger partial charge in [0.2, 0.25) is 0 Å². The van der Waals surface area contributed by atoms with Gasteiger partial charge in [-0.25, -0.2) is 0 Å². The molecule has 4 heteroatoms. The molecule has 2 rings (SSSR count). The minimum absolute atomic E-state index is 0.613. The molecule has 0 radical (unpaired) electrons. The van der Waals surface area contributed by atoms with Crippen molar-refractivity contribution in [3.8, 4) is 5.75 Å². The second-order valence-corrected chi connectivity index (χ2v) is 3.90. The molecule has 1 saturated carbocycles. The first-order valence-corrected chi connectivity index (χ1v) is 5.61. The third-order valence-electron chi connectivity index (χ3n) is 2.48. The number of ether oxygens (including phenoxy) is 2. The van der Waals surface area contributed by atoms with Crippen LogP contribution in [0.2, 0.25) is 0 Å². The highest BCUT2D eigenvalue weighted by Crippen LogP contribution is 2.28. The first-order chi connectivity index (χ1) is 7.38. The summed E-state index contributed by atoms with van der Waals surface area (Å²) in [5.41, 5.74) is 0. The molecule has 0 amide bonds. The second kappa shape index (κ2) is 5.16. The molecule has 1 heterocycles. The lowest BCUT2D eigenvalue weighted by molar-refractivity contribution is 0.0927. The Morgan fingerprint density at radius 3 is 3.00 bits per heavy atom. The largest absolute Gasteiger partial charge is 0.488 e. The highest BCUT2D eigenvalue weighted by atomic mass is 16.5. The molecule has 0 unspecified atom stereocenters. The lowest BCUT2D eigenvalue weighted by Gasteiger charge is -2.04. The van der Waals surface area contributed by atoms with Gasteiger partial charge < -0.3 is 9.47 Å². The minimum Gasteiger partial charge on any atom is -0.488 e. The standard InChI is InChI=1S/C11H18N2O2/c1-2-13-8-11(7-12-13)15-6-5-14-9-10-3-4-10/h7-8,10H,2-6,9H2,1H3. The van der Waals surface area contributed by atoms with E-state index >= 15 is 0 Å². The van der Waals surface area contributed by atoms with Crippen molar-refractivity contribution in [3.05, 3.63) is 12.4 Å². The van der Waals surface area contributed by atoms with Crippen molar-refractivity contribution in [1.82, 2.24) is 9.78 Å². The number of hydrogen-bond acceptors (Lipinski definition) is 3. The van der Waals surface area contributed by atoms with Crippen LogP contribution in [-0.4, -0.2) is 29.6 Å². The highest BCUT2D eigenvalue weighted by Gasteiger charge is 2.20. The Morgan fingerprint density at radius 1 is 1.47 bits per heavy atom. The van der Waals surface area contributed by atoms with Crippen molar-refractivity contribution >= 4 is 0 Å². The lowest BCUT2D eigenvalue weighted by atomic mass is 10.5. The van der Waals surface area contributed by atoms with E-state index in [1.165, 1.54) is 12.8 Å². The van der Waals surface area contributed by atoms with Gasteiger partial charge in [0.15, 0.2) is 5.75 Å². The molecule has 1 aliphatic rings. The fourth-order valence-electron chi connectivity index (χ4n) is 1.35. The van der Waals surface area contributed by atoms with Gasteiger partial charge in [-0.2, -0.15) is 5.10 Å². The molecule has 0 N–H and O–H groups in total. The van der Waals surface area contributed by atoms with Crippen LogP contribution in [0.4, 0.5) is 0 Å². The summed E-state index contributed by atoms with van der Waals surface area (Å²) in [6.07, 6.45) is 6.32. The average molecular weight is 210 g/mol. The molecule has 84 valence electrons. The summed E-state index contributed by atoms with van der Waals surface area (Å²) in [4.78, 5) is 0. The van der Waals surface area contributed by atoms with E-state index in [1.807, 2.05) is 10.9 Å². The number of rotatable bonds is 7. The van der Waals surface area contributed by atoms with E-state index < -0.39 is 0 Å². The number of nitrogens with zero attached hydrogens (tertiary/aromatic N) is 2. The average Bonchev–Trinajstić information content (AvgIpc) is 2.96. The van der Waals surface area contributed by atoms with E-state index in [-0.39, 0.29) is 0 Å². The molecule has 0 saturated heterocycles. The van der Waals surface area contributed by atoms with Crippen LogP contribution in [0.5, 0.6) is 5.75 Å². The Labute approximate surface area is 90.2 Å². The zero-order valence-corrected chi connectivity index (χ0v) is 9.19. The molecule has 1 aromatic rings. The monoisotopic (exact) mass is 210 g/mol. The van der Waals surface area contributed by atoms with E-state index in [9.17, 15) is 0 Å². The van der Waals surface area contributed by atoms with Crippen molar-refractivity contribution in [2.45, 2.75) is 26.3 Å². The third-order valence-corrected chi connectivity index (χ3v) is 2.48. The maximum absolute atomic E-state index is 5.48. The summed E-state index contributed by atoms with van der Waals surface area (Å²) in [7, 11) is 0. The van der Waals surface area contributed by atoms with Gasteiger partial charge in [-0.05, 0) is 25.7 Å². The van der Waals surface area contributed by atoms with E-state index in [0.29, 0.717) is 13.2 Å². The Balaban J connectivity index is 1.56. The topological polar surface area (TPSA) is 36.3 Å². The van der Waals surface area contributed by atoms with Crippen LogP contribution in [-0.2, 0) is 11.3 Å². The first-order valence-electron chi connectivity index (χ1n) is 5.61. The Morgan fingerprint density at radius 2 is 2.33 bits per heavy atom. The summed E-state index contributed by atoms with van der Waals surface area (Å²) in [6.45, 7) is 5.12. The van der Waals surface area contributed by atoms with Gasteiger partial charge in [-0.1, -0.05) is 0 Å². The van der Waals surface area contributed by atoms with Crippen LogP contribution in [0.25, 0.3) is 0 Å². The van der Waals surface area contributed by atoms with Gasteiger partial charge in [0.05, 0.1) is 19.0 Å². The highest BCUT2D eigenvalue weighted by molar-refractivity contribution is 5.11. The molecular weight excluding hydrogens is 192 g/mol. The summed E-state index contributed by atoms with van der Waals surface area (Å²) < 4.78 is 12.8. The Hall–Kier alpha value is -1.03. The second-order valence-electron chi connectivity index (χ2n) is 3.90. The first kappa shape index (κ1) is 10.5. The van der Waals surface area contributed by atoms with Gasteiger partial charge in [0.25, 0.3) is 0 Å². The van der Waals surface area contributed by atoms with Crippen molar-refractivity contribution < 1.29 is 9.47 Å². The summed E-state index contributed by atoms with van der Waals surface area (Å²) >= 11 is 0. The third kappa shape index (κ3) is 3.55. The van der Waals surface area contributed by atoms with Crippen LogP contribution in [0.3, 0.4) is 0 Å². The van der Waals surface area contributed by atoms with Crippen molar-refractivity contribution in [3.63, 3.8) is 0 Å². The molecule has 0 spiro atoms. The van der Waals surface area contributed by atoms with Crippen LogP contribution in [0.1, 0.15) is 19.8 Å². The van der Waals surface area contributed by atoms with Crippen molar-refractivity contribution in [2.24, 2.45) is 5.92 Å². The molecule has 15 heavy (non-hydrogen) atoms. The van der Waals surface area contributed by atoms with Crippen LogP contribution >= 0.6 is 0 Å². The van der Waals surface area contributed by atoms with E-state index in [4.69, 9.17) is 9.47 Å². The van der Waals surface area contributed by atoms with Gasteiger partial charge in [-0.15, -0.1) is 0 Å². The fraction of sp³-hybridized carbons (Fsp3) is 0.727. The van der Waals surface area contributed by atoms with Gasteiger partial charge in [0.1, 0.15) is 6.61 Å². The summed E-state index contributed by atoms with van der Waals surface area (Å²) in [6, 6.07) is 0. The molecule has 0 bridgehead atoms. The predicted octanol–water partition coefficient (Wildman–Crippen LogP) is 1.71. The Kier molecular flexibility index (Phi) is 3.61. The molecule has 0 aliphatic heterocycles. The molecule has 0 atom stereocenters. The number of hydrogen-bond donors (Lipinski definition) is 0. The normalized spacial score (nSPS) is 15.5. The van der Waals surface area contributed by atoms with Crippen LogP contribution in [0.15, 0.2) is 12.4 Å². The number of aromatic nitrogens is 2. The van der Waals surface area contributed by atoms with E-state index in [2.05, 4.69) is 12.0 Å². The smallest absolute Gasteiger partial charge is 0.157 e. The number of aryl methyl sites for hydroxylation is 1. The zero-order chi connectivity index (χ0) is 10.5. The minimum atomic E-state index is 0.613. The van der Waals surface area contributed by atoms with Crippen LogP contribution < -0.4 is 4.74 Å². The zero-order valence-electron chi connectivity index (χ0n) is 9.19. The van der Waals surface area contributed by atoms with Crippen LogP contribution in [0, 0.1) is 5.92 Å². The van der Waals surface area contributed by atoms with Gasteiger partial charge in [-0.3, -0.25) is 4.68 Å². The van der Waals surface area contributed by atoms with Gasteiger partial charge >= 0.3 is 0 Å². The van der Waals surface area contributed by atoms with Crippen molar-refractivity contribution in [1.29, 1.82) is 0 Å². The predicted molar refractivity (Wildman–Crippen MR) is 56.9 cm³/mol. The van der Waals surface area contributed by atoms with E-state index in [0.717, 1.165) is 24.8 Å².